The molecule has 1 aromatic carbocycles. The first-order chi connectivity index (χ1) is 9.39. The van der Waals surface area contributed by atoms with E-state index in [0.717, 1.165) is 24.8 Å². The molecule has 0 saturated carbocycles. The van der Waals surface area contributed by atoms with Gasteiger partial charge in [0.2, 0.25) is 0 Å². The zero-order valence-electron chi connectivity index (χ0n) is 12.7. The highest BCUT2D eigenvalue weighted by atomic mass is 32.2. The summed E-state index contributed by atoms with van der Waals surface area (Å²) >= 11 is 0. The Balaban J connectivity index is 2.85. The molecule has 0 atom stereocenters. The summed E-state index contributed by atoms with van der Waals surface area (Å²) in [6.45, 7) is 8.19. The molecule has 0 aliphatic heterocycles. The summed E-state index contributed by atoms with van der Waals surface area (Å²) in [5, 5.41) is 3.96. The van der Waals surface area contributed by atoms with Crippen molar-refractivity contribution in [2.75, 3.05) is 0 Å². The zero-order valence-corrected chi connectivity index (χ0v) is 13.5. The minimum atomic E-state index is -3.57. The number of hydrazone groups is 1. The Labute approximate surface area is 122 Å². The Kier molecular flexibility index (Phi) is 5.74. The molecule has 0 radical (unpaired) electrons. The van der Waals surface area contributed by atoms with Gasteiger partial charge in [0.05, 0.1) is 4.90 Å². The Morgan fingerprint density at radius 2 is 1.60 bits per heavy atom. The summed E-state index contributed by atoms with van der Waals surface area (Å²) in [6, 6.07) is 6.71. The highest BCUT2D eigenvalue weighted by Crippen LogP contribution is 2.27. The number of hydrogen-bond acceptors (Lipinski definition) is 3. The van der Waals surface area contributed by atoms with Crippen LogP contribution >= 0.6 is 0 Å². The molecule has 0 saturated heterocycles. The van der Waals surface area contributed by atoms with Crippen LogP contribution in [0.5, 0.6) is 0 Å². The summed E-state index contributed by atoms with van der Waals surface area (Å²) < 4.78 is 24.1. The second kappa shape index (κ2) is 6.88. The summed E-state index contributed by atoms with van der Waals surface area (Å²) in [7, 11) is -3.57. The Bertz CT molecular complexity index is 535. The maximum atomic E-state index is 12.1. The van der Waals surface area contributed by atoms with E-state index >= 15 is 0 Å². The smallest absolute Gasteiger partial charge is 0.200 e. The molecule has 4 nitrogen and oxygen atoms in total. The summed E-state index contributed by atoms with van der Waals surface area (Å²) in [6.07, 6.45) is 4.56. The number of hydrogen-bond donors (Lipinski definition) is 1. The molecule has 1 aromatic rings. The van der Waals surface area contributed by atoms with Gasteiger partial charge in [0.15, 0.2) is 0 Å². The molecule has 5 heteroatoms. The van der Waals surface area contributed by atoms with Crippen LogP contribution in [0.25, 0.3) is 0 Å². The maximum absolute atomic E-state index is 12.1. The van der Waals surface area contributed by atoms with Gasteiger partial charge in [0.25, 0.3) is 10.0 Å². The fourth-order valence-electron chi connectivity index (χ4n) is 2.03. The van der Waals surface area contributed by atoms with Crippen LogP contribution < -0.4 is 4.83 Å². The van der Waals surface area contributed by atoms with Crippen molar-refractivity contribution < 1.29 is 8.42 Å². The number of sulfonamides is 1. The lowest BCUT2D eigenvalue weighted by Gasteiger charge is -2.24. The van der Waals surface area contributed by atoms with Crippen molar-refractivity contribution in [3.63, 3.8) is 0 Å². The summed E-state index contributed by atoms with van der Waals surface area (Å²) in [5.74, 6) is 0. The van der Waals surface area contributed by atoms with Crippen molar-refractivity contribution in [2.24, 2.45) is 10.5 Å². The molecule has 0 spiro atoms. The van der Waals surface area contributed by atoms with Gasteiger partial charge < -0.3 is 0 Å². The average molecular weight is 296 g/mol. The van der Waals surface area contributed by atoms with Crippen molar-refractivity contribution >= 4 is 16.2 Å². The van der Waals surface area contributed by atoms with Crippen LogP contribution in [-0.4, -0.2) is 14.6 Å². The molecule has 0 heterocycles. The molecule has 1 N–H and O–H groups in total. The van der Waals surface area contributed by atoms with E-state index in [9.17, 15) is 8.42 Å². The predicted octanol–water partition coefficient (Wildman–Crippen LogP) is 3.48. The Hall–Kier alpha value is -1.36. The molecule has 0 aromatic heterocycles. The third kappa shape index (κ3) is 4.07. The number of nitrogens with one attached hydrogen (secondary N) is 1. The van der Waals surface area contributed by atoms with Gasteiger partial charge in [-0.25, -0.2) is 4.83 Å². The van der Waals surface area contributed by atoms with Gasteiger partial charge in [0.1, 0.15) is 0 Å². The number of nitrogens with zero attached hydrogens (tertiary/aromatic N) is 1. The van der Waals surface area contributed by atoms with Crippen LogP contribution in [0.4, 0.5) is 0 Å². The second-order valence-electron chi connectivity index (χ2n) is 5.09. The van der Waals surface area contributed by atoms with E-state index in [4.69, 9.17) is 0 Å². The van der Waals surface area contributed by atoms with Crippen molar-refractivity contribution in [3.8, 4) is 0 Å². The number of aryl methyl sites for hydroxylation is 1. The predicted molar refractivity (Wildman–Crippen MR) is 83.3 cm³/mol. The van der Waals surface area contributed by atoms with Crippen LogP contribution in [-0.2, 0) is 10.0 Å². The number of benzene rings is 1. The zero-order chi connectivity index (χ0) is 15.2. The molecule has 20 heavy (non-hydrogen) atoms. The van der Waals surface area contributed by atoms with E-state index in [0.29, 0.717) is 0 Å². The summed E-state index contributed by atoms with van der Waals surface area (Å²) in [5.41, 5.74) is 0.991. The first-order valence-corrected chi connectivity index (χ1v) is 8.50. The average Bonchev–Trinajstić information content (AvgIpc) is 2.44. The Morgan fingerprint density at radius 1 is 1.10 bits per heavy atom. The molecular weight excluding hydrogens is 272 g/mol. The van der Waals surface area contributed by atoms with Crippen molar-refractivity contribution in [2.45, 2.75) is 51.9 Å². The van der Waals surface area contributed by atoms with E-state index in [1.54, 1.807) is 30.5 Å². The number of rotatable bonds is 7. The quantitative estimate of drug-likeness (QED) is 0.618. The lowest BCUT2D eigenvalue weighted by molar-refractivity contribution is 0.382. The third-order valence-electron chi connectivity index (χ3n) is 3.95. The molecular formula is C15H24N2O2S. The summed E-state index contributed by atoms with van der Waals surface area (Å²) in [4.78, 5) is 2.53. The van der Waals surface area contributed by atoms with Gasteiger partial charge in [-0.2, -0.15) is 13.5 Å². The van der Waals surface area contributed by atoms with Crippen molar-refractivity contribution in [1.29, 1.82) is 0 Å². The van der Waals surface area contributed by atoms with Crippen LogP contribution in [0.2, 0.25) is 0 Å². The van der Waals surface area contributed by atoms with E-state index in [2.05, 4.69) is 30.7 Å². The van der Waals surface area contributed by atoms with E-state index < -0.39 is 10.0 Å². The van der Waals surface area contributed by atoms with E-state index in [1.807, 2.05) is 6.92 Å². The molecule has 0 aliphatic rings. The third-order valence-corrected chi connectivity index (χ3v) is 5.19. The van der Waals surface area contributed by atoms with Crippen LogP contribution in [0.1, 0.15) is 45.6 Å². The Morgan fingerprint density at radius 3 is 2.05 bits per heavy atom. The minimum Gasteiger partial charge on any atom is -0.200 e. The van der Waals surface area contributed by atoms with Crippen molar-refractivity contribution in [1.82, 2.24) is 4.83 Å². The molecule has 1 rings (SSSR count). The standard InChI is InChI=1S/C15H24N2O2S/c1-5-15(6-2,7-3)12-16-17-20(18,19)14-10-8-13(4)9-11-14/h8-12,17H,5-7H2,1-4H3/b16-12+. The molecule has 0 bridgehead atoms. The highest BCUT2D eigenvalue weighted by Gasteiger charge is 2.21. The van der Waals surface area contributed by atoms with Gasteiger partial charge in [-0.3, -0.25) is 0 Å². The van der Waals surface area contributed by atoms with E-state index in [-0.39, 0.29) is 10.3 Å². The minimum absolute atomic E-state index is 0.0319. The largest absolute Gasteiger partial charge is 0.276 e. The molecule has 0 unspecified atom stereocenters. The molecule has 112 valence electrons. The maximum Gasteiger partial charge on any atom is 0.276 e. The first-order valence-electron chi connectivity index (χ1n) is 7.02. The second-order valence-corrected chi connectivity index (χ2v) is 6.75. The lowest BCUT2D eigenvalue weighted by Crippen LogP contribution is -2.24. The molecule has 0 amide bonds. The molecule has 0 fully saturated rings. The molecule has 0 aliphatic carbocycles. The fourth-order valence-corrected chi connectivity index (χ4v) is 2.82. The SMILES string of the molecule is CCC(/C=N/NS(=O)(=O)c1ccc(C)cc1)(CC)CC. The van der Waals surface area contributed by atoms with Crippen LogP contribution in [0.3, 0.4) is 0 Å². The first kappa shape index (κ1) is 16.7. The van der Waals surface area contributed by atoms with Gasteiger partial charge >= 0.3 is 0 Å². The normalized spacial score (nSPS) is 12.8. The van der Waals surface area contributed by atoms with E-state index in [1.165, 1.54) is 0 Å². The highest BCUT2D eigenvalue weighted by molar-refractivity contribution is 7.89. The fraction of sp³-hybridized carbons (Fsp3) is 0.533. The van der Waals surface area contributed by atoms with Gasteiger partial charge in [-0.15, -0.1) is 0 Å². The van der Waals surface area contributed by atoms with Gasteiger partial charge in [0, 0.05) is 11.6 Å². The topological polar surface area (TPSA) is 58.5 Å². The van der Waals surface area contributed by atoms with Gasteiger partial charge in [-0.05, 0) is 38.3 Å². The van der Waals surface area contributed by atoms with Crippen molar-refractivity contribution in [3.05, 3.63) is 29.8 Å². The van der Waals surface area contributed by atoms with Crippen LogP contribution in [0, 0.1) is 12.3 Å². The lowest BCUT2D eigenvalue weighted by atomic mass is 9.81. The monoisotopic (exact) mass is 296 g/mol. The van der Waals surface area contributed by atoms with Crippen LogP contribution in [0.15, 0.2) is 34.3 Å². The van der Waals surface area contributed by atoms with Gasteiger partial charge in [-0.1, -0.05) is 38.5 Å².